The van der Waals surface area contributed by atoms with Gasteiger partial charge in [0.2, 0.25) is 10.0 Å². The Bertz CT molecular complexity index is 701. The molecule has 9 heteroatoms. The summed E-state index contributed by atoms with van der Waals surface area (Å²) in [7, 11) is -3.41. The second kappa shape index (κ2) is 7.52. The van der Waals surface area contributed by atoms with Gasteiger partial charge < -0.3 is 10.6 Å². The van der Waals surface area contributed by atoms with Gasteiger partial charge in [-0.3, -0.25) is 0 Å². The van der Waals surface area contributed by atoms with Crippen LogP contribution in [-0.2, 0) is 10.0 Å². The average molecular weight is 341 g/mol. The summed E-state index contributed by atoms with van der Waals surface area (Å²) in [6.45, 7) is 5.29. The highest BCUT2D eigenvalue weighted by Crippen LogP contribution is 2.15. The Labute approximate surface area is 134 Å². The van der Waals surface area contributed by atoms with Crippen molar-refractivity contribution < 1.29 is 8.42 Å². The number of hydrogen-bond acceptors (Lipinski definition) is 7. The molecule has 0 bridgehead atoms. The molecule has 0 aromatic carbocycles. The minimum absolute atomic E-state index is 0.278. The van der Waals surface area contributed by atoms with E-state index < -0.39 is 10.0 Å². The first-order valence-corrected chi connectivity index (χ1v) is 9.24. The van der Waals surface area contributed by atoms with E-state index in [0.717, 1.165) is 12.4 Å². The summed E-state index contributed by atoms with van der Waals surface area (Å²) in [5.41, 5.74) is 0. The van der Waals surface area contributed by atoms with Gasteiger partial charge in [-0.2, -0.15) is 0 Å². The number of anilines is 2. The maximum atomic E-state index is 11.9. The van der Waals surface area contributed by atoms with Crippen LogP contribution in [0.15, 0.2) is 27.8 Å². The third kappa shape index (κ3) is 4.65. The van der Waals surface area contributed by atoms with Crippen LogP contribution < -0.4 is 15.4 Å². The smallest absolute Gasteiger partial charge is 0.250 e. The Balaban J connectivity index is 1.86. The van der Waals surface area contributed by atoms with Crippen LogP contribution in [0, 0.1) is 6.92 Å². The number of nitrogens with zero attached hydrogens (tertiary/aromatic N) is 2. The Morgan fingerprint density at radius 3 is 2.55 bits per heavy atom. The van der Waals surface area contributed by atoms with Crippen molar-refractivity contribution in [1.29, 1.82) is 0 Å². The SMILES string of the molecule is CCNc1cc(NCCNS(=O)(=O)c2cccs2)nc(C)n1. The summed E-state index contributed by atoms with van der Waals surface area (Å²) >= 11 is 1.19. The lowest BCUT2D eigenvalue weighted by atomic mass is 10.4. The summed E-state index contributed by atoms with van der Waals surface area (Å²) in [6.07, 6.45) is 0. The van der Waals surface area contributed by atoms with Gasteiger partial charge in [-0.25, -0.2) is 23.1 Å². The minimum atomic E-state index is -3.41. The van der Waals surface area contributed by atoms with E-state index in [2.05, 4.69) is 25.3 Å². The van der Waals surface area contributed by atoms with Crippen molar-refractivity contribution in [2.24, 2.45) is 0 Å². The number of sulfonamides is 1. The van der Waals surface area contributed by atoms with E-state index in [-0.39, 0.29) is 6.54 Å². The summed E-state index contributed by atoms with van der Waals surface area (Å²) in [4.78, 5) is 8.52. The zero-order valence-electron chi connectivity index (χ0n) is 12.5. The van der Waals surface area contributed by atoms with Crippen molar-refractivity contribution in [2.45, 2.75) is 18.1 Å². The number of aryl methyl sites for hydroxylation is 1. The minimum Gasteiger partial charge on any atom is -0.370 e. The van der Waals surface area contributed by atoms with Crippen LogP contribution in [0.5, 0.6) is 0 Å². The fourth-order valence-corrected chi connectivity index (χ4v) is 3.86. The van der Waals surface area contributed by atoms with Crippen LogP contribution in [0.2, 0.25) is 0 Å². The molecule has 2 aromatic rings. The topological polar surface area (TPSA) is 96.0 Å². The van der Waals surface area contributed by atoms with Crippen molar-refractivity contribution in [3.8, 4) is 0 Å². The number of rotatable bonds is 8. The lowest BCUT2D eigenvalue weighted by Crippen LogP contribution is -2.28. The second-order valence-electron chi connectivity index (χ2n) is 4.47. The molecule has 0 aliphatic carbocycles. The molecule has 0 saturated carbocycles. The van der Waals surface area contributed by atoms with Crippen molar-refractivity contribution >= 4 is 33.0 Å². The normalized spacial score (nSPS) is 11.4. The quantitative estimate of drug-likeness (QED) is 0.632. The van der Waals surface area contributed by atoms with Crippen LogP contribution in [0.1, 0.15) is 12.7 Å². The standard InChI is InChI=1S/C13H19N5O2S2/c1-3-14-11-9-12(18-10(2)17-11)15-6-7-16-22(19,20)13-5-4-8-21-13/h4-5,8-9,16H,3,6-7H2,1-2H3,(H2,14,15,17,18). The van der Waals surface area contributed by atoms with Crippen LogP contribution in [0.25, 0.3) is 0 Å². The van der Waals surface area contributed by atoms with Crippen LogP contribution in [-0.4, -0.2) is 38.0 Å². The highest BCUT2D eigenvalue weighted by Gasteiger charge is 2.13. The highest BCUT2D eigenvalue weighted by atomic mass is 32.2. The van der Waals surface area contributed by atoms with E-state index >= 15 is 0 Å². The van der Waals surface area contributed by atoms with E-state index in [4.69, 9.17) is 0 Å². The molecule has 0 aliphatic heterocycles. The maximum Gasteiger partial charge on any atom is 0.250 e. The molecule has 7 nitrogen and oxygen atoms in total. The summed E-state index contributed by atoms with van der Waals surface area (Å²) in [5.74, 6) is 2.07. The van der Waals surface area contributed by atoms with Gasteiger partial charge in [-0.1, -0.05) is 6.07 Å². The predicted molar refractivity (Wildman–Crippen MR) is 88.9 cm³/mol. The zero-order chi connectivity index (χ0) is 16.0. The van der Waals surface area contributed by atoms with E-state index in [9.17, 15) is 8.42 Å². The molecule has 0 saturated heterocycles. The second-order valence-corrected chi connectivity index (χ2v) is 7.41. The van der Waals surface area contributed by atoms with E-state index in [1.807, 2.05) is 13.8 Å². The fourth-order valence-electron chi connectivity index (χ4n) is 1.79. The van der Waals surface area contributed by atoms with Gasteiger partial charge in [-0.05, 0) is 25.3 Å². The molecular formula is C13H19N5O2S2. The molecule has 2 rings (SSSR count). The Morgan fingerprint density at radius 2 is 1.91 bits per heavy atom. The number of aromatic nitrogens is 2. The van der Waals surface area contributed by atoms with Crippen molar-refractivity contribution in [1.82, 2.24) is 14.7 Å². The molecule has 0 amide bonds. The summed E-state index contributed by atoms with van der Waals surface area (Å²) in [5, 5.41) is 7.94. The average Bonchev–Trinajstić information content (AvgIpc) is 2.98. The third-order valence-electron chi connectivity index (χ3n) is 2.68. The number of nitrogens with one attached hydrogen (secondary N) is 3. The lowest BCUT2D eigenvalue weighted by molar-refractivity contribution is 0.585. The Hall–Kier alpha value is -1.71. The van der Waals surface area contributed by atoms with E-state index in [1.165, 1.54) is 11.3 Å². The molecule has 0 unspecified atom stereocenters. The fraction of sp³-hybridized carbons (Fsp3) is 0.385. The van der Waals surface area contributed by atoms with Crippen LogP contribution in [0.4, 0.5) is 11.6 Å². The molecule has 0 aliphatic rings. The molecule has 0 radical (unpaired) electrons. The van der Waals surface area contributed by atoms with Crippen LogP contribution in [0.3, 0.4) is 0 Å². The first kappa shape index (κ1) is 16.7. The van der Waals surface area contributed by atoms with Gasteiger partial charge >= 0.3 is 0 Å². The van der Waals surface area contributed by atoms with Crippen LogP contribution >= 0.6 is 11.3 Å². The molecule has 0 spiro atoms. The molecule has 0 fully saturated rings. The monoisotopic (exact) mass is 341 g/mol. The number of thiophene rings is 1. The molecule has 2 aromatic heterocycles. The Morgan fingerprint density at radius 1 is 1.18 bits per heavy atom. The van der Waals surface area contributed by atoms with Gasteiger partial charge in [0.25, 0.3) is 0 Å². The van der Waals surface area contributed by atoms with Gasteiger partial charge in [0, 0.05) is 25.7 Å². The maximum absolute atomic E-state index is 11.9. The zero-order valence-corrected chi connectivity index (χ0v) is 14.1. The Kier molecular flexibility index (Phi) is 5.69. The summed E-state index contributed by atoms with van der Waals surface area (Å²) < 4.78 is 26.7. The highest BCUT2D eigenvalue weighted by molar-refractivity contribution is 7.91. The molecule has 3 N–H and O–H groups in total. The lowest BCUT2D eigenvalue weighted by Gasteiger charge is -2.09. The van der Waals surface area contributed by atoms with Crippen molar-refractivity contribution in [3.63, 3.8) is 0 Å². The largest absolute Gasteiger partial charge is 0.370 e. The molecule has 120 valence electrons. The molecule has 2 heterocycles. The van der Waals surface area contributed by atoms with Crippen molar-refractivity contribution in [3.05, 3.63) is 29.4 Å². The van der Waals surface area contributed by atoms with Crippen molar-refractivity contribution in [2.75, 3.05) is 30.3 Å². The first-order chi connectivity index (χ1) is 10.5. The van der Waals surface area contributed by atoms with E-state index in [0.29, 0.717) is 22.4 Å². The first-order valence-electron chi connectivity index (χ1n) is 6.88. The molecule has 22 heavy (non-hydrogen) atoms. The molecule has 0 atom stereocenters. The predicted octanol–water partition coefficient (Wildman–Crippen LogP) is 1.67. The van der Waals surface area contributed by atoms with Gasteiger partial charge in [0.1, 0.15) is 21.7 Å². The number of hydrogen-bond donors (Lipinski definition) is 3. The van der Waals surface area contributed by atoms with Gasteiger partial charge in [0.05, 0.1) is 0 Å². The summed E-state index contributed by atoms with van der Waals surface area (Å²) in [6, 6.07) is 5.09. The van der Waals surface area contributed by atoms with Gasteiger partial charge in [0.15, 0.2) is 0 Å². The third-order valence-corrected chi connectivity index (χ3v) is 5.54. The van der Waals surface area contributed by atoms with Gasteiger partial charge in [-0.15, -0.1) is 11.3 Å². The van der Waals surface area contributed by atoms with E-state index in [1.54, 1.807) is 23.6 Å². The molecular weight excluding hydrogens is 322 g/mol.